The minimum Gasteiger partial charge on any atom is -0.490 e. The Morgan fingerprint density at radius 3 is 2.40 bits per heavy atom. The predicted octanol–water partition coefficient (Wildman–Crippen LogP) is 5.05. The average molecular weight is 275 g/mol. The molecule has 0 saturated heterocycles. The van der Waals surface area contributed by atoms with E-state index in [0.29, 0.717) is 12.0 Å². The van der Waals surface area contributed by atoms with Crippen molar-refractivity contribution in [3.05, 3.63) is 23.3 Å². The molecule has 2 rings (SSSR count). The minimum absolute atomic E-state index is 0.387. The third kappa shape index (κ3) is 3.47. The zero-order valence-corrected chi connectivity index (χ0v) is 13.4. The van der Waals surface area contributed by atoms with E-state index >= 15 is 0 Å². The van der Waals surface area contributed by atoms with Gasteiger partial charge in [0.15, 0.2) is 0 Å². The van der Waals surface area contributed by atoms with Gasteiger partial charge in [0, 0.05) is 5.69 Å². The Bertz CT molecular complexity index is 445. The van der Waals surface area contributed by atoms with Crippen molar-refractivity contribution in [3.8, 4) is 5.75 Å². The number of anilines is 1. The van der Waals surface area contributed by atoms with Crippen molar-refractivity contribution in [2.75, 3.05) is 5.73 Å². The highest BCUT2D eigenvalue weighted by Crippen LogP contribution is 2.35. The van der Waals surface area contributed by atoms with Crippen LogP contribution >= 0.6 is 0 Å². The summed E-state index contributed by atoms with van der Waals surface area (Å²) >= 11 is 0. The second-order valence-electron chi connectivity index (χ2n) is 6.57. The van der Waals surface area contributed by atoms with Gasteiger partial charge in [0.25, 0.3) is 0 Å². The molecule has 20 heavy (non-hydrogen) atoms. The van der Waals surface area contributed by atoms with Crippen LogP contribution in [-0.2, 0) is 0 Å². The first-order chi connectivity index (χ1) is 9.51. The second-order valence-corrected chi connectivity index (χ2v) is 6.57. The number of ether oxygens (including phenoxy) is 1. The first kappa shape index (κ1) is 15.2. The topological polar surface area (TPSA) is 35.2 Å². The fraction of sp³-hybridized carbons (Fsp3) is 0.667. The summed E-state index contributed by atoms with van der Waals surface area (Å²) < 4.78 is 6.32. The summed E-state index contributed by atoms with van der Waals surface area (Å²) in [5.41, 5.74) is 9.27. The quantitative estimate of drug-likeness (QED) is 0.780. The van der Waals surface area contributed by atoms with E-state index < -0.39 is 0 Å². The number of benzene rings is 1. The Labute approximate surface area is 123 Å². The number of hydrogen-bond acceptors (Lipinski definition) is 2. The molecule has 1 aromatic carbocycles. The number of nitrogens with two attached hydrogens (primary N) is 1. The maximum atomic E-state index is 6.32. The van der Waals surface area contributed by atoms with Crippen molar-refractivity contribution < 1.29 is 4.74 Å². The number of rotatable bonds is 4. The second kappa shape index (κ2) is 6.51. The van der Waals surface area contributed by atoms with Gasteiger partial charge in [-0.1, -0.05) is 27.2 Å². The van der Waals surface area contributed by atoms with Crippen LogP contribution in [0.3, 0.4) is 0 Å². The summed E-state index contributed by atoms with van der Waals surface area (Å²) in [4.78, 5) is 0. The van der Waals surface area contributed by atoms with Gasteiger partial charge in [-0.05, 0) is 67.7 Å². The van der Waals surface area contributed by atoms with Crippen molar-refractivity contribution in [3.63, 3.8) is 0 Å². The van der Waals surface area contributed by atoms with E-state index in [1.165, 1.54) is 37.7 Å². The zero-order chi connectivity index (χ0) is 14.7. The molecular formula is C18H29NO. The van der Waals surface area contributed by atoms with Gasteiger partial charge in [-0.2, -0.15) is 0 Å². The lowest BCUT2D eigenvalue weighted by Crippen LogP contribution is -2.24. The molecule has 1 saturated carbocycles. The van der Waals surface area contributed by atoms with E-state index in [1.807, 2.05) is 0 Å². The largest absolute Gasteiger partial charge is 0.490 e. The molecule has 1 fully saturated rings. The van der Waals surface area contributed by atoms with Gasteiger partial charge < -0.3 is 10.5 Å². The van der Waals surface area contributed by atoms with E-state index in [0.717, 1.165) is 22.9 Å². The maximum Gasteiger partial charge on any atom is 0.123 e. The van der Waals surface area contributed by atoms with Crippen LogP contribution in [0.25, 0.3) is 0 Å². The molecular weight excluding hydrogens is 246 g/mol. The van der Waals surface area contributed by atoms with Crippen LogP contribution in [-0.4, -0.2) is 6.10 Å². The highest BCUT2D eigenvalue weighted by atomic mass is 16.5. The monoisotopic (exact) mass is 275 g/mol. The molecule has 0 atom stereocenters. The Morgan fingerprint density at radius 2 is 1.85 bits per heavy atom. The van der Waals surface area contributed by atoms with Gasteiger partial charge in [-0.25, -0.2) is 0 Å². The smallest absolute Gasteiger partial charge is 0.123 e. The molecule has 1 aliphatic carbocycles. The minimum atomic E-state index is 0.387. The lowest BCUT2D eigenvalue weighted by molar-refractivity contribution is 0.128. The molecule has 0 aromatic heterocycles. The Balaban J connectivity index is 2.11. The third-order valence-electron chi connectivity index (χ3n) is 4.69. The van der Waals surface area contributed by atoms with Crippen molar-refractivity contribution >= 4 is 5.69 Å². The van der Waals surface area contributed by atoms with Gasteiger partial charge >= 0.3 is 0 Å². The van der Waals surface area contributed by atoms with Gasteiger partial charge in [-0.3, -0.25) is 0 Å². The van der Waals surface area contributed by atoms with Gasteiger partial charge in [0.2, 0.25) is 0 Å². The van der Waals surface area contributed by atoms with E-state index in [-0.39, 0.29) is 0 Å². The standard InChI is InChI=1S/C18H29NO/c1-5-14-6-8-15(9-7-14)20-18-10-13(4)17(19)11-16(18)12(2)3/h10-12,14-15H,5-9,19H2,1-4H3. The Kier molecular flexibility index (Phi) is 4.95. The predicted molar refractivity (Wildman–Crippen MR) is 86.3 cm³/mol. The molecule has 0 aliphatic heterocycles. The molecule has 0 amide bonds. The van der Waals surface area contributed by atoms with E-state index in [4.69, 9.17) is 10.5 Å². The molecule has 0 bridgehead atoms. The third-order valence-corrected chi connectivity index (χ3v) is 4.69. The average Bonchev–Trinajstić information content (AvgIpc) is 2.43. The van der Waals surface area contributed by atoms with Crippen molar-refractivity contribution in [2.45, 2.75) is 71.8 Å². The van der Waals surface area contributed by atoms with E-state index in [1.54, 1.807) is 0 Å². The van der Waals surface area contributed by atoms with Crippen LogP contribution in [0.2, 0.25) is 0 Å². The fourth-order valence-corrected chi connectivity index (χ4v) is 3.11. The Morgan fingerprint density at radius 1 is 1.20 bits per heavy atom. The normalized spacial score (nSPS) is 23.1. The molecule has 2 nitrogen and oxygen atoms in total. The molecule has 2 heteroatoms. The summed E-state index contributed by atoms with van der Waals surface area (Å²) in [6, 6.07) is 4.21. The summed E-state index contributed by atoms with van der Waals surface area (Å²) in [6.45, 7) is 8.75. The van der Waals surface area contributed by atoms with Crippen molar-refractivity contribution in [1.82, 2.24) is 0 Å². The van der Waals surface area contributed by atoms with Crippen LogP contribution in [0.5, 0.6) is 5.75 Å². The molecule has 0 unspecified atom stereocenters. The summed E-state index contributed by atoms with van der Waals surface area (Å²) in [7, 11) is 0. The lowest BCUT2D eigenvalue weighted by Gasteiger charge is -2.29. The first-order valence-electron chi connectivity index (χ1n) is 8.07. The lowest BCUT2D eigenvalue weighted by atomic mass is 9.86. The number of nitrogen functional groups attached to an aromatic ring is 1. The van der Waals surface area contributed by atoms with E-state index in [2.05, 4.69) is 39.8 Å². The SMILES string of the molecule is CCC1CCC(Oc2cc(C)c(N)cc2C(C)C)CC1. The van der Waals surface area contributed by atoms with Crippen LogP contribution in [0.1, 0.15) is 69.9 Å². The maximum absolute atomic E-state index is 6.32. The van der Waals surface area contributed by atoms with Crippen molar-refractivity contribution in [2.24, 2.45) is 5.92 Å². The molecule has 0 radical (unpaired) electrons. The number of aryl methyl sites for hydroxylation is 1. The molecule has 1 aliphatic rings. The molecule has 0 heterocycles. The molecule has 112 valence electrons. The van der Waals surface area contributed by atoms with Crippen molar-refractivity contribution in [1.29, 1.82) is 0 Å². The first-order valence-corrected chi connectivity index (χ1v) is 8.07. The van der Waals surface area contributed by atoms with Crippen LogP contribution in [0, 0.1) is 12.8 Å². The van der Waals surface area contributed by atoms with Gasteiger partial charge in [-0.15, -0.1) is 0 Å². The van der Waals surface area contributed by atoms with Crippen LogP contribution in [0.15, 0.2) is 12.1 Å². The van der Waals surface area contributed by atoms with Crippen LogP contribution < -0.4 is 10.5 Å². The molecule has 0 spiro atoms. The van der Waals surface area contributed by atoms with E-state index in [9.17, 15) is 0 Å². The van der Waals surface area contributed by atoms with Gasteiger partial charge in [0.05, 0.1) is 6.10 Å². The number of hydrogen-bond donors (Lipinski definition) is 1. The highest BCUT2D eigenvalue weighted by Gasteiger charge is 2.22. The van der Waals surface area contributed by atoms with Crippen LogP contribution in [0.4, 0.5) is 5.69 Å². The summed E-state index contributed by atoms with van der Waals surface area (Å²) in [5, 5.41) is 0. The summed E-state index contributed by atoms with van der Waals surface area (Å²) in [5.74, 6) is 2.40. The van der Waals surface area contributed by atoms with Gasteiger partial charge in [0.1, 0.15) is 5.75 Å². The summed E-state index contributed by atoms with van der Waals surface area (Å²) in [6.07, 6.45) is 6.71. The highest BCUT2D eigenvalue weighted by molar-refractivity contribution is 5.55. The fourth-order valence-electron chi connectivity index (χ4n) is 3.11. The molecule has 1 aromatic rings. The molecule has 2 N–H and O–H groups in total. The Hall–Kier alpha value is -1.18. The zero-order valence-electron chi connectivity index (χ0n) is 13.4.